The zero-order chi connectivity index (χ0) is 20.4. The van der Waals surface area contributed by atoms with Crippen molar-refractivity contribution >= 4 is 23.6 Å². The van der Waals surface area contributed by atoms with Gasteiger partial charge in [0, 0.05) is 44.7 Å². The molecule has 2 aliphatic heterocycles. The number of carbonyl (C=O) groups excluding carboxylic acids is 4. The van der Waals surface area contributed by atoms with E-state index < -0.39 is 0 Å². The van der Waals surface area contributed by atoms with Gasteiger partial charge in [0.2, 0.25) is 17.7 Å². The SMILES string of the molecule is O=C(CCN1C(=O)[C@@H]2CCCC[C@H]2C1=O)N1CCN(C(=O)c2ccccc2)CC1. The molecule has 0 radical (unpaired) electrons. The molecule has 1 saturated carbocycles. The summed E-state index contributed by atoms with van der Waals surface area (Å²) >= 11 is 0. The second kappa shape index (κ2) is 8.35. The quantitative estimate of drug-likeness (QED) is 0.722. The van der Waals surface area contributed by atoms with Crippen molar-refractivity contribution in [3.8, 4) is 0 Å². The summed E-state index contributed by atoms with van der Waals surface area (Å²) in [6.07, 6.45) is 3.73. The Morgan fingerprint density at radius 2 is 1.38 bits per heavy atom. The van der Waals surface area contributed by atoms with E-state index in [2.05, 4.69) is 0 Å². The van der Waals surface area contributed by atoms with Gasteiger partial charge in [-0.15, -0.1) is 0 Å². The molecule has 3 aliphatic rings. The summed E-state index contributed by atoms with van der Waals surface area (Å²) < 4.78 is 0. The molecule has 0 unspecified atom stereocenters. The van der Waals surface area contributed by atoms with Gasteiger partial charge in [-0.2, -0.15) is 0 Å². The molecule has 2 heterocycles. The van der Waals surface area contributed by atoms with E-state index in [4.69, 9.17) is 0 Å². The molecule has 0 aromatic heterocycles. The van der Waals surface area contributed by atoms with Crippen LogP contribution in [-0.2, 0) is 14.4 Å². The monoisotopic (exact) mass is 397 g/mol. The highest BCUT2D eigenvalue weighted by molar-refractivity contribution is 6.05. The van der Waals surface area contributed by atoms with Crippen LogP contribution < -0.4 is 0 Å². The van der Waals surface area contributed by atoms with Crippen LogP contribution in [0.5, 0.6) is 0 Å². The summed E-state index contributed by atoms with van der Waals surface area (Å²) in [6.45, 7) is 2.11. The minimum Gasteiger partial charge on any atom is -0.339 e. The smallest absolute Gasteiger partial charge is 0.253 e. The van der Waals surface area contributed by atoms with Crippen LogP contribution >= 0.6 is 0 Å². The maximum absolute atomic E-state index is 12.6. The first-order valence-corrected chi connectivity index (χ1v) is 10.5. The van der Waals surface area contributed by atoms with Gasteiger partial charge in [0.1, 0.15) is 0 Å². The molecule has 0 spiro atoms. The third kappa shape index (κ3) is 3.91. The maximum Gasteiger partial charge on any atom is 0.253 e. The topological polar surface area (TPSA) is 78.0 Å². The second-order valence-electron chi connectivity index (χ2n) is 8.11. The highest BCUT2D eigenvalue weighted by atomic mass is 16.2. The Balaban J connectivity index is 1.27. The van der Waals surface area contributed by atoms with E-state index in [0.717, 1.165) is 25.7 Å². The lowest BCUT2D eigenvalue weighted by atomic mass is 9.81. The van der Waals surface area contributed by atoms with Gasteiger partial charge >= 0.3 is 0 Å². The van der Waals surface area contributed by atoms with Crippen molar-refractivity contribution < 1.29 is 19.2 Å². The van der Waals surface area contributed by atoms with Crippen molar-refractivity contribution in [1.29, 1.82) is 0 Å². The third-order valence-electron chi connectivity index (χ3n) is 6.42. The van der Waals surface area contributed by atoms with Crippen molar-refractivity contribution in [2.45, 2.75) is 32.1 Å². The summed E-state index contributed by atoms with van der Waals surface area (Å²) in [5.74, 6) is -0.602. The normalized spacial score (nSPS) is 24.6. The maximum atomic E-state index is 12.6. The molecule has 1 aliphatic carbocycles. The minimum atomic E-state index is -0.168. The van der Waals surface area contributed by atoms with Crippen molar-refractivity contribution in [1.82, 2.24) is 14.7 Å². The number of benzene rings is 1. The first-order chi connectivity index (χ1) is 14.1. The first-order valence-electron chi connectivity index (χ1n) is 10.5. The Labute approximate surface area is 170 Å². The van der Waals surface area contributed by atoms with E-state index in [1.54, 1.807) is 21.9 Å². The van der Waals surface area contributed by atoms with Crippen molar-refractivity contribution in [3.63, 3.8) is 0 Å². The van der Waals surface area contributed by atoms with Crippen LogP contribution in [0.15, 0.2) is 30.3 Å². The van der Waals surface area contributed by atoms with E-state index in [1.807, 2.05) is 18.2 Å². The molecule has 1 aromatic rings. The first kappa shape index (κ1) is 19.6. The van der Waals surface area contributed by atoms with Gasteiger partial charge in [-0.25, -0.2) is 0 Å². The molecule has 0 bridgehead atoms. The van der Waals surface area contributed by atoms with Crippen LogP contribution in [0.3, 0.4) is 0 Å². The summed E-state index contributed by atoms with van der Waals surface area (Å²) in [4.78, 5) is 55.0. The van der Waals surface area contributed by atoms with Gasteiger partial charge in [0.05, 0.1) is 11.8 Å². The highest BCUT2D eigenvalue weighted by Gasteiger charge is 2.47. The van der Waals surface area contributed by atoms with Crippen LogP contribution in [0.25, 0.3) is 0 Å². The number of fused-ring (bicyclic) bond motifs is 1. The molecule has 29 heavy (non-hydrogen) atoms. The van der Waals surface area contributed by atoms with Gasteiger partial charge in [0.15, 0.2) is 0 Å². The third-order valence-corrected chi connectivity index (χ3v) is 6.42. The number of amides is 4. The largest absolute Gasteiger partial charge is 0.339 e. The fourth-order valence-electron chi connectivity index (χ4n) is 4.74. The summed E-state index contributed by atoms with van der Waals surface area (Å²) in [7, 11) is 0. The average Bonchev–Trinajstić information content (AvgIpc) is 3.02. The molecule has 0 N–H and O–H groups in total. The van der Waals surface area contributed by atoms with Gasteiger partial charge in [-0.3, -0.25) is 24.1 Å². The molecular weight excluding hydrogens is 370 g/mol. The Hall–Kier alpha value is -2.70. The molecule has 4 amide bonds. The highest BCUT2D eigenvalue weighted by Crippen LogP contribution is 2.38. The van der Waals surface area contributed by atoms with Crippen molar-refractivity contribution in [2.24, 2.45) is 11.8 Å². The van der Waals surface area contributed by atoms with Crippen LogP contribution in [0.1, 0.15) is 42.5 Å². The average molecular weight is 397 g/mol. The lowest BCUT2D eigenvalue weighted by molar-refractivity contribution is -0.141. The zero-order valence-electron chi connectivity index (χ0n) is 16.6. The van der Waals surface area contributed by atoms with E-state index >= 15 is 0 Å². The molecule has 1 aromatic carbocycles. The molecule has 4 rings (SSSR count). The Morgan fingerprint density at radius 3 is 1.97 bits per heavy atom. The molecule has 7 heteroatoms. The van der Waals surface area contributed by atoms with Crippen molar-refractivity contribution in [2.75, 3.05) is 32.7 Å². The number of piperazine rings is 1. The molecular formula is C22H27N3O4. The molecule has 7 nitrogen and oxygen atoms in total. The molecule has 154 valence electrons. The summed E-state index contributed by atoms with van der Waals surface area (Å²) in [5.41, 5.74) is 0.653. The predicted molar refractivity (Wildman–Crippen MR) is 106 cm³/mol. The molecule has 3 fully saturated rings. The fourth-order valence-corrected chi connectivity index (χ4v) is 4.74. The van der Waals surface area contributed by atoms with E-state index in [9.17, 15) is 19.2 Å². The number of rotatable bonds is 4. The van der Waals surface area contributed by atoms with Gasteiger partial charge in [0.25, 0.3) is 5.91 Å². The van der Waals surface area contributed by atoms with E-state index in [-0.39, 0.29) is 48.4 Å². The van der Waals surface area contributed by atoms with Crippen LogP contribution in [0, 0.1) is 11.8 Å². The lowest BCUT2D eigenvalue weighted by Crippen LogP contribution is -2.51. The van der Waals surface area contributed by atoms with Crippen molar-refractivity contribution in [3.05, 3.63) is 35.9 Å². The molecule has 2 saturated heterocycles. The van der Waals surface area contributed by atoms with Gasteiger partial charge in [-0.05, 0) is 25.0 Å². The zero-order valence-corrected chi connectivity index (χ0v) is 16.6. The number of hydrogen-bond donors (Lipinski definition) is 0. The van der Waals surface area contributed by atoms with Gasteiger partial charge < -0.3 is 9.80 Å². The predicted octanol–water partition coefficient (Wildman–Crippen LogP) is 1.54. The number of hydrogen-bond acceptors (Lipinski definition) is 4. The van der Waals surface area contributed by atoms with E-state index in [1.165, 1.54) is 4.90 Å². The number of carbonyl (C=O) groups is 4. The van der Waals surface area contributed by atoms with Crippen LogP contribution in [-0.4, -0.2) is 71.1 Å². The number of nitrogens with zero attached hydrogens (tertiary/aromatic N) is 3. The standard InChI is InChI=1S/C22H27N3O4/c26-19(10-11-25-21(28)17-8-4-5-9-18(17)22(25)29)23-12-14-24(15-13-23)20(27)16-6-2-1-3-7-16/h1-3,6-7,17-18H,4-5,8-15H2/t17-,18-/m1/s1. The van der Waals surface area contributed by atoms with Crippen LogP contribution in [0.4, 0.5) is 0 Å². The lowest BCUT2D eigenvalue weighted by Gasteiger charge is -2.35. The van der Waals surface area contributed by atoms with Gasteiger partial charge in [-0.1, -0.05) is 31.0 Å². The van der Waals surface area contributed by atoms with E-state index in [0.29, 0.717) is 31.7 Å². The van der Waals surface area contributed by atoms with Crippen LogP contribution in [0.2, 0.25) is 0 Å². The summed E-state index contributed by atoms with van der Waals surface area (Å²) in [6, 6.07) is 9.13. The Morgan fingerprint density at radius 1 is 0.828 bits per heavy atom. The molecule has 2 atom stereocenters. The Kier molecular flexibility index (Phi) is 5.65. The minimum absolute atomic E-state index is 0.0198. The second-order valence-corrected chi connectivity index (χ2v) is 8.11. The number of likely N-dealkylation sites (tertiary alicyclic amines) is 1. The fraction of sp³-hybridized carbons (Fsp3) is 0.545. The number of imide groups is 1. The Bertz CT molecular complexity index is 778. The summed E-state index contributed by atoms with van der Waals surface area (Å²) in [5, 5.41) is 0.